The number of hydrogen-bond donors (Lipinski definition) is 0. The Morgan fingerprint density at radius 1 is 1.20 bits per heavy atom. The average molecular weight is 410 g/mol. The maximum Gasteiger partial charge on any atom is 0.265 e. The topological polar surface area (TPSA) is 30.0 Å². The summed E-state index contributed by atoms with van der Waals surface area (Å²) in [6, 6.07) is 1.63. The van der Waals surface area contributed by atoms with Crippen LogP contribution in [0.3, 0.4) is 0 Å². The molecule has 4 aliphatic carbocycles. The summed E-state index contributed by atoms with van der Waals surface area (Å²) in [4.78, 5) is 16.2. The zero-order valence-electron chi connectivity index (χ0n) is 17.9. The van der Waals surface area contributed by atoms with Gasteiger partial charge in [-0.2, -0.15) is 0 Å². The minimum absolute atomic E-state index is 0.000255. The first-order valence-corrected chi connectivity index (χ1v) is 11.1. The second kappa shape index (κ2) is 6.70. The Kier molecular flexibility index (Phi) is 4.43. The Morgan fingerprint density at radius 3 is 2.77 bits per heavy atom. The van der Waals surface area contributed by atoms with Gasteiger partial charge in [0.15, 0.2) is 5.78 Å². The number of allylic oxidation sites excluding steroid dienone is 6. The smallest absolute Gasteiger partial charge is 0.265 e. The Labute approximate surface area is 177 Å². The van der Waals surface area contributed by atoms with Crippen molar-refractivity contribution in [2.75, 3.05) is 0 Å². The van der Waals surface area contributed by atoms with Crippen molar-refractivity contribution < 1.29 is 13.6 Å². The molecule has 6 atom stereocenters. The van der Waals surface area contributed by atoms with Crippen molar-refractivity contribution in [2.24, 2.45) is 34.5 Å². The van der Waals surface area contributed by atoms with Gasteiger partial charge < -0.3 is 0 Å². The molecular formula is C26H29F2NO. The van der Waals surface area contributed by atoms with E-state index in [0.717, 1.165) is 31.2 Å². The van der Waals surface area contributed by atoms with E-state index < -0.39 is 6.43 Å². The molecule has 0 aliphatic heterocycles. The molecule has 1 heterocycles. The van der Waals surface area contributed by atoms with Gasteiger partial charge in [0.1, 0.15) is 0 Å². The number of nitrogens with zero attached hydrogens (tertiary/aromatic N) is 1. The summed E-state index contributed by atoms with van der Waals surface area (Å²) < 4.78 is 26.5. The molecule has 0 aromatic carbocycles. The molecule has 4 heteroatoms. The molecule has 158 valence electrons. The van der Waals surface area contributed by atoms with E-state index in [1.54, 1.807) is 18.3 Å². The Bertz CT molecular complexity index is 993. The van der Waals surface area contributed by atoms with Gasteiger partial charge in [0.2, 0.25) is 0 Å². The first kappa shape index (κ1) is 19.8. The standard InChI is InChI=1S/C26H29F2NO/c1-15-10-19-21-5-4-20(16-11-17(24(27)28)14-29-13-16)25(21,2)9-7-22(19)26(3)8-6-18(30)12-23(15)26/h4,6,8,11-15,19,21-22,24H,5,7,9-10H2,1-3H3/t15?,19?,21?,22?,25-,26-/m1/s1. The van der Waals surface area contributed by atoms with E-state index in [1.165, 1.54) is 17.3 Å². The highest BCUT2D eigenvalue weighted by atomic mass is 19.3. The molecule has 0 spiro atoms. The molecule has 0 radical (unpaired) electrons. The monoisotopic (exact) mass is 409 g/mol. The molecule has 1 aromatic rings. The Hall–Kier alpha value is -2.10. The van der Waals surface area contributed by atoms with E-state index in [2.05, 4.69) is 37.9 Å². The average Bonchev–Trinajstić information content (AvgIpc) is 3.07. The van der Waals surface area contributed by atoms with Crippen LogP contribution >= 0.6 is 0 Å². The fourth-order valence-electron chi connectivity index (χ4n) is 7.35. The van der Waals surface area contributed by atoms with Crippen LogP contribution in [0, 0.1) is 34.5 Å². The van der Waals surface area contributed by atoms with E-state index >= 15 is 0 Å². The van der Waals surface area contributed by atoms with Crippen molar-refractivity contribution >= 4 is 11.4 Å². The molecule has 0 amide bonds. The lowest BCUT2D eigenvalue weighted by molar-refractivity contribution is -0.111. The number of halogens is 2. The molecule has 0 bridgehead atoms. The number of hydrogen-bond acceptors (Lipinski definition) is 2. The van der Waals surface area contributed by atoms with Crippen LogP contribution in [0.4, 0.5) is 8.78 Å². The van der Waals surface area contributed by atoms with Crippen molar-refractivity contribution in [3.63, 3.8) is 0 Å². The van der Waals surface area contributed by atoms with Crippen molar-refractivity contribution in [2.45, 2.75) is 52.9 Å². The van der Waals surface area contributed by atoms with Gasteiger partial charge in [-0.1, -0.05) is 38.5 Å². The quantitative estimate of drug-likeness (QED) is 0.553. The molecule has 30 heavy (non-hydrogen) atoms. The van der Waals surface area contributed by atoms with Gasteiger partial charge in [0.05, 0.1) is 0 Å². The number of rotatable bonds is 2. The SMILES string of the molecule is CC1CC2C(CC[C@]3(C)C(c4cncc(C(F)F)c4)=CCC23)[C@@]2(C)C=CC(=O)C=C12. The molecule has 0 saturated heterocycles. The first-order valence-electron chi connectivity index (χ1n) is 11.1. The lowest BCUT2D eigenvalue weighted by Crippen LogP contribution is -2.50. The van der Waals surface area contributed by atoms with Crippen LogP contribution in [-0.4, -0.2) is 10.8 Å². The first-order chi connectivity index (χ1) is 14.2. The summed E-state index contributed by atoms with van der Waals surface area (Å²) in [5.74, 6) is 2.11. The summed E-state index contributed by atoms with van der Waals surface area (Å²) in [6.07, 6.45) is 12.9. The molecule has 4 aliphatic rings. The second-order valence-corrected chi connectivity index (χ2v) is 10.2. The van der Waals surface area contributed by atoms with Crippen LogP contribution in [-0.2, 0) is 4.79 Å². The summed E-state index contributed by atoms with van der Waals surface area (Å²) in [7, 11) is 0. The van der Waals surface area contributed by atoms with E-state index in [-0.39, 0.29) is 22.2 Å². The molecule has 5 rings (SSSR count). The van der Waals surface area contributed by atoms with Gasteiger partial charge in [0.25, 0.3) is 6.43 Å². The van der Waals surface area contributed by atoms with E-state index in [9.17, 15) is 13.6 Å². The van der Waals surface area contributed by atoms with Gasteiger partial charge in [-0.15, -0.1) is 0 Å². The molecular weight excluding hydrogens is 380 g/mol. The highest BCUT2D eigenvalue weighted by Crippen LogP contribution is 2.66. The molecule has 4 unspecified atom stereocenters. The maximum absolute atomic E-state index is 13.3. The minimum Gasteiger partial charge on any atom is -0.290 e. The van der Waals surface area contributed by atoms with E-state index in [1.807, 2.05) is 6.08 Å². The van der Waals surface area contributed by atoms with E-state index in [0.29, 0.717) is 23.7 Å². The molecule has 2 nitrogen and oxygen atoms in total. The highest BCUT2D eigenvalue weighted by Gasteiger charge is 2.57. The lowest BCUT2D eigenvalue weighted by Gasteiger charge is -2.58. The van der Waals surface area contributed by atoms with Crippen molar-refractivity contribution in [3.05, 3.63) is 59.5 Å². The van der Waals surface area contributed by atoms with Crippen molar-refractivity contribution in [3.8, 4) is 0 Å². The van der Waals surface area contributed by atoms with Crippen LogP contribution < -0.4 is 0 Å². The number of alkyl halides is 2. The van der Waals surface area contributed by atoms with Gasteiger partial charge >= 0.3 is 0 Å². The predicted octanol–water partition coefficient (Wildman–Crippen LogP) is 6.57. The van der Waals surface area contributed by atoms with Gasteiger partial charge in [-0.3, -0.25) is 9.78 Å². The zero-order valence-corrected chi connectivity index (χ0v) is 17.9. The van der Waals surface area contributed by atoms with Crippen molar-refractivity contribution in [1.29, 1.82) is 0 Å². The summed E-state index contributed by atoms with van der Waals surface area (Å²) in [5.41, 5.74) is 3.32. The summed E-state index contributed by atoms with van der Waals surface area (Å²) >= 11 is 0. The van der Waals surface area contributed by atoms with Crippen LogP contribution in [0.1, 0.15) is 64.0 Å². The number of fused-ring (bicyclic) bond motifs is 5. The predicted molar refractivity (Wildman–Crippen MR) is 114 cm³/mol. The highest BCUT2D eigenvalue weighted by molar-refractivity contribution is 6.01. The van der Waals surface area contributed by atoms with Crippen LogP contribution in [0.25, 0.3) is 5.57 Å². The maximum atomic E-state index is 13.3. The van der Waals surface area contributed by atoms with Crippen LogP contribution in [0.5, 0.6) is 0 Å². The lowest BCUT2D eigenvalue weighted by atomic mass is 9.46. The van der Waals surface area contributed by atoms with Gasteiger partial charge in [0, 0.05) is 23.4 Å². The second-order valence-electron chi connectivity index (χ2n) is 10.2. The third-order valence-corrected chi connectivity index (χ3v) is 8.78. The number of carbonyl (C=O) groups excluding carboxylic acids is 1. The normalized spacial score (nSPS) is 39.9. The fraction of sp³-hybridized carbons (Fsp3) is 0.538. The molecule has 2 saturated carbocycles. The summed E-state index contributed by atoms with van der Waals surface area (Å²) in [5, 5.41) is 0. The number of aromatic nitrogens is 1. The molecule has 1 aromatic heterocycles. The van der Waals surface area contributed by atoms with Crippen LogP contribution in [0.2, 0.25) is 0 Å². The zero-order chi connectivity index (χ0) is 21.3. The van der Waals surface area contributed by atoms with Crippen molar-refractivity contribution in [1.82, 2.24) is 4.98 Å². The van der Waals surface area contributed by atoms with Gasteiger partial charge in [-0.25, -0.2) is 8.78 Å². The fourth-order valence-corrected chi connectivity index (χ4v) is 7.35. The Morgan fingerprint density at radius 2 is 2.00 bits per heavy atom. The minimum atomic E-state index is -2.50. The summed E-state index contributed by atoms with van der Waals surface area (Å²) in [6.45, 7) is 6.91. The number of ketones is 1. The largest absolute Gasteiger partial charge is 0.290 e. The Balaban J connectivity index is 1.49. The third kappa shape index (κ3) is 2.72. The number of carbonyl (C=O) groups is 1. The molecule has 2 fully saturated rings. The van der Waals surface area contributed by atoms with E-state index in [4.69, 9.17) is 0 Å². The third-order valence-electron chi connectivity index (χ3n) is 8.78. The molecule has 0 N–H and O–H groups in total. The van der Waals surface area contributed by atoms with Gasteiger partial charge in [-0.05, 0) is 84.1 Å². The van der Waals surface area contributed by atoms with Crippen LogP contribution in [0.15, 0.2) is 48.3 Å². The number of pyridine rings is 1.